The molecule has 0 spiro atoms. The normalized spacial score (nSPS) is 10.3. The van der Waals surface area contributed by atoms with E-state index < -0.39 is 5.97 Å². The number of thiophene rings is 1. The van der Waals surface area contributed by atoms with Crippen molar-refractivity contribution >= 4 is 34.6 Å². The van der Waals surface area contributed by atoms with Gasteiger partial charge in [-0.3, -0.25) is 4.79 Å². The van der Waals surface area contributed by atoms with Crippen LogP contribution in [0.5, 0.6) is 0 Å². The molecule has 1 amide bonds. The minimum atomic E-state index is -1.12. The number of nitrogens with zero attached hydrogens (tertiary/aromatic N) is 1. The van der Waals surface area contributed by atoms with E-state index >= 15 is 0 Å². The Morgan fingerprint density at radius 2 is 2.00 bits per heavy atom. The van der Waals surface area contributed by atoms with Crippen molar-refractivity contribution in [1.82, 2.24) is 0 Å². The number of aryl methyl sites for hydroxylation is 1. The summed E-state index contributed by atoms with van der Waals surface area (Å²) in [5, 5.41) is 11.0. The zero-order chi connectivity index (χ0) is 14.9. The van der Waals surface area contributed by atoms with E-state index in [-0.39, 0.29) is 11.5 Å². The van der Waals surface area contributed by atoms with Crippen LogP contribution >= 0.6 is 11.3 Å². The number of carbonyl (C=O) groups is 2. The third-order valence-corrected chi connectivity index (χ3v) is 3.98. The van der Waals surface area contributed by atoms with E-state index in [0.717, 1.165) is 5.56 Å². The number of hydrogen-bond acceptors (Lipinski definition) is 4. The van der Waals surface area contributed by atoms with Gasteiger partial charge in [0.25, 0.3) is 5.91 Å². The van der Waals surface area contributed by atoms with Gasteiger partial charge in [-0.2, -0.15) is 0 Å². The second-order valence-electron chi connectivity index (χ2n) is 4.38. The number of nitrogen functional groups attached to an aromatic ring is 1. The Bertz CT molecular complexity index is 679. The second-order valence-corrected chi connectivity index (χ2v) is 5.29. The maximum atomic E-state index is 12.4. The summed E-state index contributed by atoms with van der Waals surface area (Å²) in [6.07, 6.45) is 0. The summed E-state index contributed by atoms with van der Waals surface area (Å²) in [6, 6.07) is 6.32. The summed E-state index contributed by atoms with van der Waals surface area (Å²) in [5.74, 6) is -1.35. The lowest BCUT2D eigenvalue weighted by molar-refractivity contribution is 0.0698. The summed E-state index contributed by atoms with van der Waals surface area (Å²) in [5.41, 5.74) is 7.15. The topological polar surface area (TPSA) is 83.6 Å². The lowest BCUT2D eigenvalue weighted by atomic mass is 10.1. The van der Waals surface area contributed by atoms with E-state index in [1.807, 2.05) is 18.4 Å². The molecule has 20 heavy (non-hydrogen) atoms. The Kier molecular flexibility index (Phi) is 3.76. The number of benzene rings is 1. The van der Waals surface area contributed by atoms with E-state index in [1.165, 1.54) is 22.3 Å². The molecule has 2 rings (SSSR count). The first-order valence-electron chi connectivity index (χ1n) is 5.86. The molecule has 104 valence electrons. The molecule has 1 heterocycles. The molecule has 0 bridgehead atoms. The van der Waals surface area contributed by atoms with Gasteiger partial charge >= 0.3 is 5.97 Å². The molecule has 0 aliphatic heterocycles. The average Bonchev–Trinajstić information content (AvgIpc) is 2.83. The van der Waals surface area contributed by atoms with Crippen LogP contribution in [0, 0.1) is 6.92 Å². The highest BCUT2D eigenvalue weighted by molar-refractivity contribution is 7.12. The molecule has 0 saturated heterocycles. The first kappa shape index (κ1) is 14.1. The Hall–Kier alpha value is -2.34. The van der Waals surface area contributed by atoms with Gasteiger partial charge in [0.1, 0.15) is 0 Å². The van der Waals surface area contributed by atoms with Crippen LogP contribution in [0.25, 0.3) is 0 Å². The van der Waals surface area contributed by atoms with Crippen molar-refractivity contribution in [3.63, 3.8) is 0 Å². The number of rotatable bonds is 3. The summed E-state index contributed by atoms with van der Waals surface area (Å²) in [4.78, 5) is 25.6. The van der Waals surface area contributed by atoms with Gasteiger partial charge in [0.05, 0.1) is 16.1 Å². The van der Waals surface area contributed by atoms with Gasteiger partial charge in [0.2, 0.25) is 0 Å². The summed E-state index contributed by atoms with van der Waals surface area (Å²) < 4.78 is 0. The third-order valence-electron chi connectivity index (χ3n) is 2.97. The number of aromatic carboxylic acids is 1. The van der Waals surface area contributed by atoms with Crippen molar-refractivity contribution in [2.75, 3.05) is 17.7 Å². The van der Waals surface area contributed by atoms with Crippen LogP contribution in [0.4, 0.5) is 11.4 Å². The molecule has 1 aromatic heterocycles. The molecular formula is C14H14N2O3S. The molecule has 1 aromatic carbocycles. The van der Waals surface area contributed by atoms with Crippen LogP contribution in [-0.4, -0.2) is 24.0 Å². The maximum Gasteiger partial charge on any atom is 0.337 e. The summed E-state index contributed by atoms with van der Waals surface area (Å²) in [7, 11) is 1.56. The average molecular weight is 290 g/mol. The van der Waals surface area contributed by atoms with Crippen LogP contribution in [0.1, 0.15) is 25.6 Å². The minimum Gasteiger partial charge on any atom is -0.478 e. The van der Waals surface area contributed by atoms with E-state index in [0.29, 0.717) is 16.3 Å². The molecule has 3 N–H and O–H groups in total. The standard InChI is InChI=1S/C14H14N2O3S/c1-8-5-6-20-12(8)13(17)16(2)11-4-3-9(15)7-10(11)14(18)19/h3-7H,15H2,1-2H3,(H,18,19). The minimum absolute atomic E-state index is 0.00931. The van der Waals surface area contributed by atoms with Gasteiger partial charge in [-0.05, 0) is 42.1 Å². The Morgan fingerprint density at radius 1 is 1.30 bits per heavy atom. The van der Waals surface area contributed by atoms with Gasteiger partial charge in [-0.25, -0.2) is 4.79 Å². The van der Waals surface area contributed by atoms with Crippen molar-refractivity contribution in [1.29, 1.82) is 0 Å². The van der Waals surface area contributed by atoms with Crippen LogP contribution in [0.2, 0.25) is 0 Å². The van der Waals surface area contributed by atoms with Crippen molar-refractivity contribution < 1.29 is 14.7 Å². The van der Waals surface area contributed by atoms with E-state index in [9.17, 15) is 14.7 Å². The molecule has 0 saturated carbocycles. The van der Waals surface area contributed by atoms with E-state index in [2.05, 4.69) is 0 Å². The number of amides is 1. The number of nitrogens with two attached hydrogens (primary N) is 1. The predicted molar refractivity (Wildman–Crippen MR) is 79.6 cm³/mol. The number of carbonyl (C=O) groups excluding carboxylic acids is 1. The molecule has 5 nitrogen and oxygen atoms in total. The molecule has 0 radical (unpaired) electrons. The zero-order valence-electron chi connectivity index (χ0n) is 11.1. The first-order chi connectivity index (χ1) is 9.41. The Morgan fingerprint density at radius 3 is 2.55 bits per heavy atom. The fourth-order valence-corrected chi connectivity index (χ4v) is 2.77. The molecular weight excluding hydrogens is 276 g/mol. The van der Waals surface area contributed by atoms with E-state index in [4.69, 9.17) is 5.73 Å². The molecule has 2 aromatic rings. The molecule has 0 aliphatic carbocycles. The van der Waals surface area contributed by atoms with Gasteiger partial charge < -0.3 is 15.7 Å². The molecule has 0 fully saturated rings. The Balaban J connectivity index is 2.44. The highest BCUT2D eigenvalue weighted by Crippen LogP contribution is 2.26. The fourth-order valence-electron chi connectivity index (χ4n) is 1.87. The van der Waals surface area contributed by atoms with Crippen LogP contribution in [-0.2, 0) is 0 Å². The van der Waals surface area contributed by atoms with Gasteiger partial charge in [0.15, 0.2) is 0 Å². The molecule has 0 aliphatic rings. The van der Waals surface area contributed by atoms with Gasteiger partial charge in [-0.1, -0.05) is 0 Å². The largest absolute Gasteiger partial charge is 0.478 e. The number of hydrogen-bond donors (Lipinski definition) is 2. The Labute approximate surface area is 120 Å². The first-order valence-corrected chi connectivity index (χ1v) is 6.74. The maximum absolute atomic E-state index is 12.4. The monoisotopic (exact) mass is 290 g/mol. The third kappa shape index (κ3) is 2.50. The van der Waals surface area contributed by atoms with Crippen LogP contribution in [0.15, 0.2) is 29.6 Å². The SMILES string of the molecule is Cc1ccsc1C(=O)N(C)c1ccc(N)cc1C(=O)O. The van der Waals surface area contributed by atoms with Crippen molar-refractivity contribution in [2.45, 2.75) is 6.92 Å². The number of carboxylic acid groups (broad SMARTS) is 1. The highest BCUT2D eigenvalue weighted by Gasteiger charge is 2.21. The van der Waals surface area contributed by atoms with Crippen LogP contribution in [0.3, 0.4) is 0 Å². The number of carboxylic acids is 1. The lowest BCUT2D eigenvalue weighted by Gasteiger charge is -2.19. The lowest BCUT2D eigenvalue weighted by Crippen LogP contribution is -2.27. The number of anilines is 2. The van der Waals surface area contributed by atoms with Crippen molar-refractivity contribution in [2.24, 2.45) is 0 Å². The molecule has 6 heteroatoms. The second kappa shape index (κ2) is 5.34. The van der Waals surface area contributed by atoms with Gasteiger partial charge in [-0.15, -0.1) is 11.3 Å². The van der Waals surface area contributed by atoms with Gasteiger partial charge in [0, 0.05) is 12.7 Å². The van der Waals surface area contributed by atoms with Crippen molar-refractivity contribution in [3.8, 4) is 0 Å². The van der Waals surface area contributed by atoms with E-state index in [1.54, 1.807) is 19.2 Å². The van der Waals surface area contributed by atoms with Crippen molar-refractivity contribution in [3.05, 3.63) is 45.6 Å². The molecule has 0 unspecified atom stereocenters. The predicted octanol–water partition coefficient (Wildman–Crippen LogP) is 2.61. The fraction of sp³-hybridized carbons (Fsp3) is 0.143. The summed E-state index contributed by atoms with van der Waals surface area (Å²) in [6.45, 7) is 1.85. The molecule has 0 atom stereocenters. The zero-order valence-corrected chi connectivity index (χ0v) is 11.9. The highest BCUT2D eigenvalue weighted by atomic mass is 32.1. The summed E-state index contributed by atoms with van der Waals surface area (Å²) >= 11 is 1.33. The quantitative estimate of drug-likeness (QED) is 0.851. The van der Waals surface area contributed by atoms with Crippen LogP contribution < -0.4 is 10.6 Å². The smallest absolute Gasteiger partial charge is 0.337 e.